The zero-order chi connectivity index (χ0) is 15.2. The standard InChI is InChI=1S/C16H14O5/c17-12-9-13(18)15(14(19)10-12)16(20)21-8-4-7-11-5-2-1-3-6-11/h1-7,9-10,17-19H,8H2/b7-4+. The second kappa shape index (κ2) is 6.47. The van der Waals surface area contributed by atoms with Crippen LogP contribution in [0.3, 0.4) is 0 Å². The third-order valence-corrected chi connectivity index (χ3v) is 2.71. The Bertz CT molecular complexity index is 639. The highest BCUT2D eigenvalue weighted by Crippen LogP contribution is 2.32. The summed E-state index contributed by atoms with van der Waals surface area (Å²) in [5.74, 6) is -2.29. The highest BCUT2D eigenvalue weighted by molar-refractivity contribution is 5.95. The second-order valence-corrected chi connectivity index (χ2v) is 4.27. The van der Waals surface area contributed by atoms with Crippen LogP contribution < -0.4 is 0 Å². The van der Waals surface area contributed by atoms with E-state index in [0.29, 0.717) is 0 Å². The molecule has 0 saturated heterocycles. The third-order valence-electron chi connectivity index (χ3n) is 2.71. The number of esters is 1. The number of ether oxygens (including phenoxy) is 1. The van der Waals surface area contributed by atoms with Crippen LogP contribution in [-0.4, -0.2) is 27.9 Å². The van der Waals surface area contributed by atoms with E-state index < -0.39 is 17.5 Å². The lowest BCUT2D eigenvalue weighted by Crippen LogP contribution is -2.05. The maximum Gasteiger partial charge on any atom is 0.346 e. The van der Waals surface area contributed by atoms with Crippen molar-refractivity contribution < 1.29 is 24.9 Å². The van der Waals surface area contributed by atoms with E-state index in [1.807, 2.05) is 30.3 Å². The van der Waals surface area contributed by atoms with Crippen molar-refractivity contribution in [3.8, 4) is 17.2 Å². The quantitative estimate of drug-likeness (QED) is 0.752. The number of benzene rings is 2. The fourth-order valence-electron chi connectivity index (χ4n) is 1.75. The van der Waals surface area contributed by atoms with Crippen molar-refractivity contribution >= 4 is 12.0 Å². The second-order valence-electron chi connectivity index (χ2n) is 4.27. The Morgan fingerprint density at radius 1 is 1.05 bits per heavy atom. The minimum absolute atomic E-state index is 0.00646. The van der Waals surface area contributed by atoms with Crippen LogP contribution in [0.15, 0.2) is 48.5 Å². The van der Waals surface area contributed by atoms with E-state index in [1.165, 1.54) is 0 Å². The van der Waals surface area contributed by atoms with Crippen molar-refractivity contribution in [3.05, 3.63) is 59.7 Å². The molecule has 3 N–H and O–H groups in total. The van der Waals surface area contributed by atoms with Crippen LogP contribution in [0.2, 0.25) is 0 Å². The van der Waals surface area contributed by atoms with E-state index >= 15 is 0 Å². The number of hydrogen-bond donors (Lipinski definition) is 3. The van der Waals surface area contributed by atoms with Gasteiger partial charge in [-0.15, -0.1) is 0 Å². The summed E-state index contributed by atoms with van der Waals surface area (Å²) in [6.45, 7) is -0.00646. The molecule has 2 aromatic carbocycles. The van der Waals surface area contributed by atoms with Crippen molar-refractivity contribution in [2.24, 2.45) is 0 Å². The summed E-state index contributed by atoms with van der Waals surface area (Å²) in [6, 6.07) is 11.4. The highest BCUT2D eigenvalue weighted by atomic mass is 16.5. The van der Waals surface area contributed by atoms with Gasteiger partial charge in [-0.3, -0.25) is 0 Å². The third kappa shape index (κ3) is 3.76. The molecule has 0 amide bonds. The van der Waals surface area contributed by atoms with Crippen molar-refractivity contribution in [2.75, 3.05) is 6.61 Å². The lowest BCUT2D eigenvalue weighted by molar-refractivity contribution is 0.0543. The maximum atomic E-state index is 11.8. The van der Waals surface area contributed by atoms with E-state index in [0.717, 1.165) is 17.7 Å². The average Bonchev–Trinajstić information content (AvgIpc) is 2.43. The molecule has 0 spiro atoms. The van der Waals surface area contributed by atoms with E-state index in [-0.39, 0.29) is 17.9 Å². The van der Waals surface area contributed by atoms with Gasteiger partial charge in [0.2, 0.25) is 0 Å². The molecular formula is C16H14O5. The van der Waals surface area contributed by atoms with Crippen molar-refractivity contribution in [1.29, 1.82) is 0 Å². The van der Waals surface area contributed by atoms with Gasteiger partial charge in [-0.05, 0) is 11.6 Å². The summed E-state index contributed by atoms with van der Waals surface area (Å²) in [4.78, 5) is 11.8. The van der Waals surface area contributed by atoms with Gasteiger partial charge in [0.05, 0.1) is 0 Å². The molecule has 5 heteroatoms. The summed E-state index contributed by atoms with van der Waals surface area (Å²) in [5, 5.41) is 28.2. The van der Waals surface area contributed by atoms with Crippen LogP contribution in [0.1, 0.15) is 15.9 Å². The molecule has 0 bridgehead atoms. The summed E-state index contributed by atoms with van der Waals surface area (Å²) < 4.78 is 4.92. The molecular weight excluding hydrogens is 272 g/mol. The molecule has 0 atom stereocenters. The molecule has 0 aliphatic carbocycles. The Morgan fingerprint density at radius 3 is 2.29 bits per heavy atom. The fraction of sp³-hybridized carbons (Fsp3) is 0.0625. The SMILES string of the molecule is O=C(OC/C=C/c1ccccc1)c1c(O)cc(O)cc1O. The van der Waals surface area contributed by atoms with Crippen LogP contribution in [0.25, 0.3) is 6.08 Å². The Balaban J connectivity index is 1.98. The molecule has 5 nitrogen and oxygen atoms in total. The minimum Gasteiger partial charge on any atom is -0.508 e. The van der Waals surface area contributed by atoms with Gasteiger partial charge in [-0.25, -0.2) is 4.79 Å². The van der Waals surface area contributed by atoms with Gasteiger partial charge in [-0.2, -0.15) is 0 Å². The summed E-state index contributed by atoms with van der Waals surface area (Å²) in [5.41, 5.74) is 0.588. The number of aromatic hydroxyl groups is 3. The van der Waals surface area contributed by atoms with Crippen LogP contribution >= 0.6 is 0 Å². The molecule has 0 heterocycles. The summed E-state index contributed by atoms with van der Waals surface area (Å²) in [6.07, 6.45) is 3.42. The molecule has 0 aromatic heterocycles. The lowest BCUT2D eigenvalue weighted by Gasteiger charge is -2.07. The number of carbonyl (C=O) groups is 1. The van der Waals surface area contributed by atoms with E-state index in [1.54, 1.807) is 12.2 Å². The first-order valence-electron chi connectivity index (χ1n) is 6.21. The maximum absolute atomic E-state index is 11.8. The van der Waals surface area contributed by atoms with Gasteiger partial charge in [0.1, 0.15) is 29.4 Å². The molecule has 2 rings (SSSR count). The number of hydrogen-bond acceptors (Lipinski definition) is 5. The normalized spacial score (nSPS) is 10.7. The largest absolute Gasteiger partial charge is 0.508 e. The molecule has 108 valence electrons. The topological polar surface area (TPSA) is 87.0 Å². The van der Waals surface area contributed by atoms with Crippen molar-refractivity contribution in [3.63, 3.8) is 0 Å². The first-order chi connectivity index (χ1) is 10.1. The van der Waals surface area contributed by atoms with Gasteiger partial charge in [0.15, 0.2) is 0 Å². The van der Waals surface area contributed by atoms with Crippen LogP contribution in [0.4, 0.5) is 0 Å². The first-order valence-corrected chi connectivity index (χ1v) is 6.21. The predicted molar refractivity (Wildman–Crippen MR) is 77.2 cm³/mol. The molecule has 0 fully saturated rings. The zero-order valence-electron chi connectivity index (χ0n) is 11.1. The van der Waals surface area contributed by atoms with Gasteiger partial charge < -0.3 is 20.1 Å². The van der Waals surface area contributed by atoms with Crippen molar-refractivity contribution in [2.45, 2.75) is 0 Å². The van der Waals surface area contributed by atoms with Crippen LogP contribution in [-0.2, 0) is 4.74 Å². The molecule has 0 radical (unpaired) electrons. The van der Waals surface area contributed by atoms with E-state index in [2.05, 4.69) is 0 Å². The Labute approximate surface area is 121 Å². The van der Waals surface area contributed by atoms with Gasteiger partial charge in [0, 0.05) is 12.1 Å². The monoisotopic (exact) mass is 286 g/mol. The Hall–Kier alpha value is -2.95. The van der Waals surface area contributed by atoms with Gasteiger partial charge >= 0.3 is 5.97 Å². The zero-order valence-corrected chi connectivity index (χ0v) is 11.1. The molecule has 0 aliphatic rings. The fourth-order valence-corrected chi connectivity index (χ4v) is 1.75. The number of rotatable bonds is 4. The van der Waals surface area contributed by atoms with Gasteiger partial charge in [0.25, 0.3) is 0 Å². The Morgan fingerprint density at radius 2 is 1.67 bits per heavy atom. The number of phenols is 3. The van der Waals surface area contributed by atoms with E-state index in [9.17, 15) is 15.0 Å². The number of phenolic OH excluding ortho intramolecular Hbond substituents is 3. The molecule has 0 saturated carbocycles. The summed E-state index contributed by atoms with van der Waals surface area (Å²) in [7, 11) is 0. The molecule has 0 unspecified atom stereocenters. The Kier molecular flexibility index (Phi) is 4.46. The average molecular weight is 286 g/mol. The number of carbonyl (C=O) groups excluding carboxylic acids is 1. The van der Waals surface area contributed by atoms with Crippen molar-refractivity contribution in [1.82, 2.24) is 0 Å². The summed E-state index contributed by atoms with van der Waals surface area (Å²) >= 11 is 0. The van der Waals surface area contributed by atoms with Crippen LogP contribution in [0, 0.1) is 0 Å². The predicted octanol–water partition coefficient (Wildman–Crippen LogP) is 2.67. The molecule has 21 heavy (non-hydrogen) atoms. The van der Waals surface area contributed by atoms with E-state index in [4.69, 9.17) is 9.84 Å². The highest BCUT2D eigenvalue weighted by Gasteiger charge is 2.18. The minimum atomic E-state index is -0.872. The smallest absolute Gasteiger partial charge is 0.346 e. The molecule has 2 aromatic rings. The first kappa shape index (κ1) is 14.5. The van der Waals surface area contributed by atoms with Crippen LogP contribution in [0.5, 0.6) is 17.2 Å². The lowest BCUT2D eigenvalue weighted by atomic mass is 10.1. The van der Waals surface area contributed by atoms with Gasteiger partial charge in [-0.1, -0.05) is 36.4 Å². The molecule has 0 aliphatic heterocycles.